The summed E-state index contributed by atoms with van der Waals surface area (Å²) in [6, 6.07) is 8.36. The van der Waals surface area contributed by atoms with Crippen LogP contribution in [0.2, 0.25) is 0 Å². The summed E-state index contributed by atoms with van der Waals surface area (Å²) >= 11 is 0. The quantitative estimate of drug-likeness (QED) is 0.357. The Hall–Kier alpha value is -3.89. The predicted octanol–water partition coefficient (Wildman–Crippen LogP) is 2.33. The molecule has 1 aliphatic heterocycles. The number of rotatable bonds is 7. The van der Waals surface area contributed by atoms with Gasteiger partial charge < -0.3 is 26.8 Å². The molecule has 10 heteroatoms. The third-order valence-corrected chi connectivity index (χ3v) is 6.30. The molecule has 194 valence electrons. The van der Waals surface area contributed by atoms with Crippen LogP contribution in [0.1, 0.15) is 46.7 Å². The lowest BCUT2D eigenvalue weighted by atomic mass is 9.99. The molecule has 6 N–H and O–H groups in total. The van der Waals surface area contributed by atoms with E-state index in [4.69, 9.17) is 11.5 Å². The van der Waals surface area contributed by atoms with Gasteiger partial charge in [-0.1, -0.05) is 0 Å². The largest absolute Gasteiger partial charge is 0.397 e. The Bertz CT molecular complexity index is 1320. The van der Waals surface area contributed by atoms with Crippen LogP contribution >= 0.6 is 0 Å². The van der Waals surface area contributed by atoms with Crippen molar-refractivity contribution in [2.75, 3.05) is 23.7 Å². The number of halogens is 1. The van der Waals surface area contributed by atoms with Crippen molar-refractivity contribution in [1.29, 1.82) is 0 Å². The molecule has 1 aliphatic rings. The average molecular weight is 507 g/mol. The highest BCUT2D eigenvalue weighted by molar-refractivity contribution is 6.01. The zero-order valence-electron chi connectivity index (χ0n) is 20.8. The van der Waals surface area contributed by atoms with Crippen molar-refractivity contribution >= 4 is 23.1 Å². The van der Waals surface area contributed by atoms with E-state index in [2.05, 4.69) is 15.3 Å². The van der Waals surface area contributed by atoms with Gasteiger partial charge in [-0.15, -0.1) is 0 Å². The lowest BCUT2D eigenvalue weighted by Gasteiger charge is -2.36. The molecule has 2 aromatic heterocycles. The number of amides is 1. The molecule has 4 rings (SSSR count). The normalized spacial score (nSPS) is 17.6. The molecular formula is C27H31FN6O3. The van der Waals surface area contributed by atoms with Crippen molar-refractivity contribution < 1.29 is 19.1 Å². The number of nitrogens with zero attached hydrogens (tertiary/aromatic N) is 3. The fraction of sp³-hybridized carbons (Fsp3) is 0.333. The lowest BCUT2D eigenvalue weighted by Crippen LogP contribution is -2.51. The Morgan fingerprint density at radius 1 is 1.24 bits per heavy atom. The van der Waals surface area contributed by atoms with Crippen molar-refractivity contribution in [3.05, 3.63) is 71.4 Å². The third kappa shape index (κ3) is 5.92. The van der Waals surface area contributed by atoms with Gasteiger partial charge >= 0.3 is 0 Å². The molecule has 0 radical (unpaired) electrons. The van der Waals surface area contributed by atoms with Gasteiger partial charge in [-0.25, -0.2) is 9.37 Å². The summed E-state index contributed by atoms with van der Waals surface area (Å²) in [4.78, 5) is 36.3. The molecule has 1 saturated heterocycles. The van der Waals surface area contributed by atoms with E-state index < -0.39 is 18.0 Å². The highest BCUT2D eigenvalue weighted by Gasteiger charge is 2.27. The molecule has 0 aliphatic carbocycles. The number of nitrogens with one attached hydrogen (secondary N) is 1. The smallest absolute Gasteiger partial charge is 0.251 e. The van der Waals surface area contributed by atoms with E-state index in [0.717, 1.165) is 5.69 Å². The molecular weight excluding hydrogens is 475 g/mol. The van der Waals surface area contributed by atoms with E-state index in [1.807, 2.05) is 24.8 Å². The van der Waals surface area contributed by atoms with Gasteiger partial charge in [0.05, 0.1) is 17.5 Å². The second kappa shape index (κ2) is 11.0. The first-order valence-electron chi connectivity index (χ1n) is 12.2. The van der Waals surface area contributed by atoms with Gasteiger partial charge in [-0.2, -0.15) is 0 Å². The van der Waals surface area contributed by atoms with Gasteiger partial charge in [0, 0.05) is 66.4 Å². The maximum Gasteiger partial charge on any atom is 0.251 e. The number of carbonyl (C=O) groups is 2. The standard InChI is InChI=1S/C27H31FN6O3/c1-15(2)32-27(37)16-3-4-19(28)18(11-16)22-6-5-20(29)26(33-22)25(36)12-17-13-31-9-7-23(17)34-10-8-24(35)21(30)14-34/h3-7,9,11,13,15,21,24,35H,8,10,12,14,29-30H2,1-2H3,(H,32,37)/t21-,24+/m1/s1. The van der Waals surface area contributed by atoms with Crippen LogP contribution in [-0.4, -0.2) is 58.0 Å². The number of pyridine rings is 2. The van der Waals surface area contributed by atoms with E-state index >= 15 is 0 Å². The number of nitrogen functional groups attached to an aromatic ring is 1. The number of hydrogen-bond donors (Lipinski definition) is 4. The van der Waals surface area contributed by atoms with Gasteiger partial charge in [0.15, 0.2) is 5.78 Å². The molecule has 3 aromatic rings. The molecule has 0 bridgehead atoms. The first-order valence-corrected chi connectivity index (χ1v) is 12.2. The maximum absolute atomic E-state index is 14.7. The summed E-state index contributed by atoms with van der Waals surface area (Å²) < 4.78 is 14.7. The number of Topliss-reactive ketones (excluding diaryl/α,β-unsaturated/α-hetero) is 1. The summed E-state index contributed by atoms with van der Waals surface area (Å²) in [5.74, 6) is -1.27. The highest BCUT2D eigenvalue weighted by atomic mass is 19.1. The minimum atomic E-state index is -0.574. The van der Waals surface area contributed by atoms with E-state index in [1.54, 1.807) is 12.4 Å². The molecule has 0 spiro atoms. The fourth-order valence-electron chi connectivity index (χ4n) is 4.36. The van der Waals surface area contributed by atoms with Gasteiger partial charge in [-0.3, -0.25) is 14.6 Å². The van der Waals surface area contributed by atoms with E-state index in [9.17, 15) is 19.1 Å². The number of hydrogen-bond acceptors (Lipinski definition) is 8. The van der Waals surface area contributed by atoms with Crippen molar-refractivity contribution in [1.82, 2.24) is 15.3 Å². The highest BCUT2D eigenvalue weighted by Crippen LogP contribution is 2.28. The second-order valence-corrected chi connectivity index (χ2v) is 9.53. The number of benzene rings is 1. The average Bonchev–Trinajstić information content (AvgIpc) is 2.86. The van der Waals surface area contributed by atoms with Gasteiger partial charge in [0.1, 0.15) is 11.5 Å². The summed E-state index contributed by atoms with van der Waals surface area (Å²) in [7, 11) is 0. The summed E-state index contributed by atoms with van der Waals surface area (Å²) in [5, 5.41) is 12.7. The number of anilines is 2. The Morgan fingerprint density at radius 3 is 2.76 bits per heavy atom. The number of aromatic nitrogens is 2. The number of carbonyl (C=O) groups excluding carboxylic acids is 2. The van der Waals surface area contributed by atoms with Crippen LogP contribution < -0.4 is 21.7 Å². The Balaban J connectivity index is 1.62. The number of piperidine rings is 1. The molecule has 37 heavy (non-hydrogen) atoms. The van der Waals surface area contributed by atoms with Crippen LogP contribution in [0.25, 0.3) is 11.3 Å². The van der Waals surface area contributed by atoms with E-state index in [0.29, 0.717) is 25.1 Å². The molecule has 1 amide bonds. The van der Waals surface area contributed by atoms with E-state index in [1.165, 1.54) is 30.3 Å². The zero-order chi connectivity index (χ0) is 26.7. The van der Waals surface area contributed by atoms with Gasteiger partial charge in [0.2, 0.25) is 0 Å². The van der Waals surface area contributed by atoms with Crippen LogP contribution in [0.3, 0.4) is 0 Å². The molecule has 2 atom stereocenters. The van der Waals surface area contributed by atoms with Crippen LogP contribution in [-0.2, 0) is 6.42 Å². The summed E-state index contributed by atoms with van der Waals surface area (Å²) in [6.45, 7) is 4.70. The third-order valence-electron chi connectivity index (χ3n) is 6.30. The number of aliphatic hydroxyl groups excluding tert-OH is 1. The van der Waals surface area contributed by atoms with Crippen LogP contribution in [0.5, 0.6) is 0 Å². The minimum absolute atomic E-state index is 0.00880. The van der Waals surface area contributed by atoms with Crippen molar-refractivity contribution in [3.8, 4) is 11.3 Å². The molecule has 9 nitrogen and oxygen atoms in total. The van der Waals surface area contributed by atoms with Crippen LogP contribution in [0.15, 0.2) is 48.8 Å². The Labute approximate surface area is 214 Å². The topological polar surface area (TPSA) is 147 Å². The minimum Gasteiger partial charge on any atom is -0.397 e. The number of nitrogens with two attached hydrogens (primary N) is 2. The molecule has 1 aromatic carbocycles. The van der Waals surface area contributed by atoms with Crippen LogP contribution in [0.4, 0.5) is 15.8 Å². The summed E-state index contributed by atoms with van der Waals surface area (Å²) in [5.41, 5.74) is 14.3. The second-order valence-electron chi connectivity index (χ2n) is 9.53. The number of aliphatic hydroxyl groups is 1. The number of ketones is 1. The summed E-state index contributed by atoms with van der Waals surface area (Å²) in [6.07, 6.45) is 3.17. The lowest BCUT2D eigenvalue weighted by molar-refractivity contribution is 0.0941. The SMILES string of the molecule is CC(C)NC(=O)c1ccc(F)c(-c2ccc(N)c(C(=O)Cc3cnccc3N3CC[C@H](O)[C@H](N)C3)n2)c1. The Morgan fingerprint density at radius 2 is 2.03 bits per heavy atom. The van der Waals surface area contributed by atoms with Crippen molar-refractivity contribution in [3.63, 3.8) is 0 Å². The molecule has 0 saturated carbocycles. The van der Waals surface area contributed by atoms with Gasteiger partial charge in [-0.05, 0) is 56.7 Å². The molecule has 0 unspecified atom stereocenters. The Kier molecular flexibility index (Phi) is 7.80. The van der Waals surface area contributed by atoms with Gasteiger partial charge in [0.25, 0.3) is 5.91 Å². The first kappa shape index (κ1) is 26.2. The fourth-order valence-corrected chi connectivity index (χ4v) is 4.36. The van der Waals surface area contributed by atoms with Crippen molar-refractivity contribution in [2.24, 2.45) is 5.73 Å². The first-order chi connectivity index (χ1) is 17.6. The zero-order valence-corrected chi connectivity index (χ0v) is 20.8. The maximum atomic E-state index is 14.7. The molecule has 3 heterocycles. The molecule has 1 fully saturated rings. The van der Waals surface area contributed by atoms with Crippen molar-refractivity contribution in [2.45, 2.75) is 44.9 Å². The van der Waals surface area contributed by atoms with Crippen LogP contribution in [0, 0.1) is 5.82 Å². The monoisotopic (exact) mass is 506 g/mol. The van der Waals surface area contributed by atoms with E-state index in [-0.39, 0.29) is 52.4 Å². The predicted molar refractivity (Wildman–Crippen MR) is 140 cm³/mol.